The van der Waals surface area contributed by atoms with Crippen molar-refractivity contribution in [2.24, 2.45) is 0 Å². The van der Waals surface area contributed by atoms with Crippen molar-refractivity contribution in [2.75, 3.05) is 10.6 Å². The molecule has 2 N–H and O–H groups in total. The zero-order valence-corrected chi connectivity index (χ0v) is 16.4. The van der Waals surface area contributed by atoms with Gasteiger partial charge in [0, 0.05) is 23.9 Å². The minimum Gasteiger partial charge on any atom is -0.326 e. The van der Waals surface area contributed by atoms with Crippen LogP contribution >= 0.6 is 11.6 Å². The van der Waals surface area contributed by atoms with Crippen molar-refractivity contribution < 1.29 is 14.0 Å². The second-order valence-corrected chi connectivity index (χ2v) is 7.23. The lowest BCUT2D eigenvalue weighted by molar-refractivity contribution is -0.114. The van der Waals surface area contributed by atoms with Crippen LogP contribution in [0.1, 0.15) is 35.1 Å². The van der Waals surface area contributed by atoms with E-state index in [1.807, 2.05) is 0 Å². The Hall–Kier alpha value is -3.19. The summed E-state index contributed by atoms with van der Waals surface area (Å²) in [6, 6.07) is 11.2. The molecule has 0 saturated carbocycles. The van der Waals surface area contributed by atoms with Gasteiger partial charge in [-0.25, -0.2) is 9.07 Å². The van der Waals surface area contributed by atoms with Crippen molar-refractivity contribution in [3.8, 4) is 5.69 Å². The normalized spacial score (nSPS) is 12.5. The molecule has 4 rings (SSSR count). The number of nitrogens with zero attached hydrogens (tertiary/aromatic N) is 2. The van der Waals surface area contributed by atoms with E-state index in [0.717, 1.165) is 24.1 Å². The number of hydrogen-bond acceptors (Lipinski definition) is 3. The highest BCUT2D eigenvalue weighted by Gasteiger charge is 2.28. The molecule has 0 fully saturated rings. The molecule has 0 unspecified atom stereocenters. The van der Waals surface area contributed by atoms with Crippen LogP contribution in [0.3, 0.4) is 0 Å². The molecule has 0 saturated heterocycles. The van der Waals surface area contributed by atoms with Crippen molar-refractivity contribution in [3.05, 3.63) is 70.3 Å². The van der Waals surface area contributed by atoms with Gasteiger partial charge in [-0.3, -0.25) is 9.59 Å². The van der Waals surface area contributed by atoms with Gasteiger partial charge in [0.2, 0.25) is 5.91 Å². The average molecular weight is 413 g/mol. The first-order valence-corrected chi connectivity index (χ1v) is 9.56. The Balaban J connectivity index is 1.64. The third-order valence-electron chi connectivity index (χ3n) is 4.76. The van der Waals surface area contributed by atoms with E-state index in [0.29, 0.717) is 23.5 Å². The van der Waals surface area contributed by atoms with E-state index in [9.17, 15) is 14.0 Å². The summed E-state index contributed by atoms with van der Waals surface area (Å²) in [7, 11) is 0. The zero-order chi connectivity index (χ0) is 20.5. The van der Waals surface area contributed by atoms with Crippen LogP contribution in [0.5, 0.6) is 0 Å². The summed E-state index contributed by atoms with van der Waals surface area (Å²) in [5, 5.41) is 10.1. The highest BCUT2D eigenvalue weighted by Crippen LogP contribution is 2.30. The number of fused-ring (bicyclic) bond motifs is 1. The lowest BCUT2D eigenvalue weighted by atomic mass is 10.2. The average Bonchev–Trinajstić information content (AvgIpc) is 3.27. The fraction of sp³-hybridized carbons (Fsp3) is 0.190. The summed E-state index contributed by atoms with van der Waals surface area (Å²) in [5.74, 6) is -1.02. The fourth-order valence-electron chi connectivity index (χ4n) is 3.52. The first kappa shape index (κ1) is 19.1. The van der Waals surface area contributed by atoms with Gasteiger partial charge in [0.05, 0.1) is 10.7 Å². The molecule has 0 spiro atoms. The van der Waals surface area contributed by atoms with E-state index in [1.54, 1.807) is 36.4 Å². The Morgan fingerprint density at radius 2 is 1.93 bits per heavy atom. The molecule has 8 heteroatoms. The largest absolute Gasteiger partial charge is 0.326 e. The van der Waals surface area contributed by atoms with Gasteiger partial charge in [0.15, 0.2) is 5.69 Å². The Morgan fingerprint density at radius 1 is 1.14 bits per heavy atom. The minimum atomic E-state index is -0.410. The van der Waals surface area contributed by atoms with Crippen molar-refractivity contribution in [1.82, 2.24) is 9.78 Å². The third kappa shape index (κ3) is 3.73. The topological polar surface area (TPSA) is 76.0 Å². The Bertz CT molecular complexity index is 1130. The summed E-state index contributed by atoms with van der Waals surface area (Å²) in [6.07, 6.45) is 2.33. The van der Waals surface area contributed by atoms with Crippen molar-refractivity contribution in [3.63, 3.8) is 0 Å². The first-order chi connectivity index (χ1) is 13.9. The molecule has 1 aliphatic rings. The highest BCUT2D eigenvalue weighted by atomic mass is 35.5. The maximum absolute atomic E-state index is 14.3. The highest BCUT2D eigenvalue weighted by molar-refractivity contribution is 6.34. The number of halogens is 2. The van der Waals surface area contributed by atoms with Gasteiger partial charge in [-0.15, -0.1) is 0 Å². The number of carbonyl (C=O) groups excluding carboxylic acids is 2. The van der Waals surface area contributed by atoms with Crippen molar-refractivity contribution in [1.29, 1.82) is 0 Å². The molecule has 0 aliphatic heterocycles. The maximum atomic E-state index is 14.3. The van der Waals surface area contributed by atoms with Crippen LogP contribution in [-0.2, 0) is 17.6 Å². The number of aromatic nitrogens is 2. The molecule has 0 atom stereocenters. The molecule has 2 aromatic carbocycles. The number of anilines is 2. The van der Waals surface area contributed by atoms with E-state index in [1.165, 1.54) is 17.7 Å². The van der Waals surface area contributed by atoms with E-state index in [2.05, 4.69) is 15.7 Å². The summed E-state index contributed by atoms with van der Waals surface area (Å²) in [4.78, 5) is 24.1. The lowest BCUT2D eigenvalue weighted by Gasteiger charge is -2.09. The third-order valence-corrected chi connectivity index (χ3v) is 5.08. The van der Waals surface area contributed by atoms with Crippen LogP contribution in [0.2, 0.25) is 5.02 Å². The number of para-hydroxylation sites is 1. The molecule has 1 heterocycles. The summed E-state index contributed by atoms with van der Waals surface area (Å²) in [5.41, 5.74) is 3.21. The molecule has 0 radical (unpaired) electrons. The van der Waals surface area contributed by atoms with Crippen LogP contribution in [0.25, 0.3) is 5.69 Å². The van der Waals surface area contributed by atoms with Crippen LogP contribution in [0.4, 0.5) is 15.8 Å². The molecule has 29 heavy (non-hydrogen) atoms. The van der Waals surface area contributed by atoms with E-state index < -0.39 is 11.7 Å². The lowest BCUT2D eigenvalue weighted by Crippen LogP contribution is -2.15. The Morgan fingerprint density at radius 3 is 2.66 bits per heavy atom. The second-order valence-electron chi connectivity index (χ2n) is 6.82. The summed E-state index contributed by atoms with van der Waals surface area (Å²) >= 11 is 6.24. The number of hydrogen-bond donors (Lipinski definition) is 2. The standard InChI is InChI=1S/C21H18ClFN4O2/c1-12(28)24-13-9-10-17(15(22)11-13)25-21(29)20-14-5-4-8-18(14)27(26-20)19-7-3-2-6-16(19)23/h2-3,6-7,9-11H,4-5,8H2,1H3,(H,24,28)(H,25,29). The molecule has 1 aliphatic carbocycles. The van der Waals surface area contributed by atoms with E-state index in [-0.39, 0.29) is 16.6 Å². The van der Waals surface area contributed by atoms with Crippen LogP contribution in [0, 0.1) is 5.82 Å². The number of carbonyl (C=O) groups is 2. The fourth-order valence-corrected chi connectivity index (χ4v) is 3.75. The molecule has 0 bridgehead atoms. The number of rotatable bonds is 4. The molecule has 148 valence electrons. The first-order valence-electron chi connectivity index (χ1n) is 9.18. The van der Waals surface area contributed by atoms with Gasteiger partial charge in [-0.05, 0) is 49.6 Å². The van der Waals surface area contributed by atoms with Crippen LogP contribution < -0.4 is 10.6 Å². The monoisotopic (exact) mass is 412 g/mol. The van der Waals surface area contributed by atoms with Gasteiger partial charge in [-0.1, -0.05) is 23.7 Å². The van der Waals surface area contributed by atoms with Gasteiger partial charge in [0.25, 0.3) is 5.91 Å². The predicted molar refractivity (Wildman–Crippen MR) is 109 cm³/mol. The number of benzene rings is 2. The van der Waals surface area contributed by atoms with Gasteiger partial charge < -0.3 is 10.6 Å². The molecular formula is C21H18ClFN4O2. The van der Waals surface area contributed by atoms with Crippen LogP contribution in [-0.4, -0.2) is 21.6 Å². The Kier molecular flexibility index (Phi) is 5.07. The summed E-state index contributed by atoms with van der Waals surface area (Å²) < 4.78 is 15.8. The van der Waals surface area contributed by atoms with Crippen LogP contribution in [0.15, 0.2) is 42.5 Å². The van der Waals surface area contributed by atoms with Crippen molar-refractivity contribution in [2.45, 2.75) is 26.2 Å². The van der Waals surface area contributed by atoms with E-state index >= 15 is 0 Å². The maximum Gasteiger partial charge on any atom is 0.276 e. The quantitative estimate of drug-likeness (QED) is 0.668. The van der Waals surface area contributed by atoms with Gasteiger partial charge >= 0.3 is 0 Å². The minimum absolute atomic E-state index is 0.216. The number of amides is 2. The predicted octanol–water partition coefficient (Wildman–Crippen LogP) is 4.36. The number of nitrogens with one attached hydrogen (secondary N) is 2. The SMILES string of the molecule is CC(=O)Nc1ccc(NC(=O)c2nn(-c3ccccc3F)c3c2CCC3)c(Cl)c1. The zero-order valence-electron chi connectivity index (χ0n) is 15.6. The molecule has 1 aromatic heterocycles. The molecule has 3 aromatic rings. The van der Waals surface area contributed by atoms with Gasteiger partial charge in [0.1, 0.15) is 11.5 Å². The second kappa shape index (κ2) is 7.67. The summed E-state index contributed by atoms with van der Waals surface area (Å²) in [6.45, 7) is 1.40. The molecular weight excluding hydrogens is 395 g/mol. The molecule has 2 amide bonds. The van der Waals surface area contributed by atoms with Gasteiger partial charge in [-0.2, -0.15) is 5.10 Å². The smallest absolute Gasteiger partial charge is 0.276 e. The molecule has 6 nitrogen and oxygen atoms in total. The van der Waals surface area contributed by atoms with Crippen molar-refractivity contribution >= 4 is 34.8 Å². The Labute approximate surface area is 171 Å². The van der Waals surface area contributed by atoms with E-state index in [4.69, 9.17) is 11.6 Å².